The summed E-state index contributed by atoms with van der Waals surface area (Å²) in [5.74, 6) is -0.519. The number of hydrogen-bond acceptors (Lipinski definition) is 7. The van der Waals surface area contributed by atoms with Crippen LogP contribution in [0.15, 0.2) is 53.8 Å². The van der Waals surface area contributed by atoms with E-state index in [4.69, 9.17) is 9.47 Å². The van der Waals surface area contributed by atoms with E-state index in [0.29, 0.717) is 23.5 Å². The smallest absolute Gasteiger partial charge is 0.290 e. The van der Waals surface area contributed by atoms with Gasteiger partial charge in [-0.2, -0.15) is 0 Å². The number of methoxy groups -OCH3 is 2. The summed E-state index contributed by atoms with van der Waals surface area (Å²) in [6.07, 6.45) is 0.540. The SMILES string of the molecule is COc1ccc(CCN2C(=O)C(O)=C(C(=O)CC(C)C)C2c2cccc([N+](=O)[O-])c2)cc1OC. The van der Waals surface area contributed by atoms with Gasteiger partial charge >= 0.3 is 0 Å². The zero-order valence-electron chi connectivity index (χ0n) is 19.6. The molecule has 0 bridgehead atoms. The molecular weight excluding hydrogens is 440 g/mol. The second kappa shape index (κ2) is 10.4. The van der Waals surface area contributed by atoms with Crippen molar-refractivity contribution in [1.29, 1.82) is 0 Å². The Bertz CT molecular complexity index is 1140. The van der Waals surface area contributed by atoms with Crippen LogP contribution in [0.2, 0.25) is 0 Å². The third-order valence-corrected chi connectivity index (χ3v) is 5.68. The third kappa shape index (κ3) is 5.03. The van der Waals surface area contributed by atoms with Crippen LogP contribution in [-0.4, -0.2) is 47.4 Å². The van der Waals surface area contributed by atoms with Crippen molar-refractivity contribution in [2.75, 3.05) is 20.8 Å². The average Bonchev–Trinajstić information content (AvgIpc) is 3.07. The van der Waals surface area contributed by atoms with E-state index in [-0.39, 0.29) is 35.9 Å². The van der Waals surface area contributed by atoms with Gasteiger partial charge in [0.2, 0.25) is 0 Å². The van der Waals surface area contributed by atoms with Crippen molar-refractivity contribution in [3.05, 3.63) is 75.0 Å². The first-order valence-electron chi connectivity index (χ1n) is 10.9. The van der Waals surface area contributed by atoms with Gasteiger partial charge in [-0.05, 0) is 35.6 Å². The second-order valence-electron chi connectivity index (χ2n) is 8.48. The molecule has 2 aromatic carbocycles. The highest BCUT2D eigenvalue weighted by Crippen LogP contribution is 2.40. The molecule has 0 aliphatic carbocycles. The molecule has 34 heavy (non-hydrogen) atoms. The van der Waals surface area contributed by atoms with Crippen LogP contribution < -0.4 is 9.47 Å². The van der Waals surface area contributed by atoms with Gasteiger partial charge in [-0.15, -0.1) is 0 Å². The highest BCUT2D eigenvalue weighted by atomic mass is 16.6. The first-order valence-corrected chi connectivity index (χ1v) is 10.9. The van der Waals surface area contributed by atoms with Crippen LogP contribution in [-0.2, 0) is 16.0 Å². The van der Waals surface area contributed by atoms with Crippen molar-refractivity contribution in [3.63, 3.8) is 0 Å². The molecule has 1 heterocycles. The molecule has 0 aromatic heterocycles. The minimum absolute atomic E-state index is 0.00877. The zero-order chi connectivity index (χ0) is 25.0. The Balaban J connectivity index is 1.98. The first-order chi connectivity index (χ1) is 16.2. The number of amides is 1. The van der Waals surface area contributed by atoms with E-state index >= 15 is 0 Å². The number of rotatable bonds is 10. The van der Waals surface area contributed by atoms with Crippen LogP contribution in [0, 0.1) is 16.0 Å². The number of aliphatic hydroxyl groups excluding tert-OH is 1. The Labute approximate surface area is 197 Å². The molecular formula is C25H28N2O7. The number of carbonyl (C=O) groups is 2. The molecule has 0 saturated heterocycles. The van der Waals surface area contributed by atoms with Gasteiger partial charge in [0, 0.05) is 25.1 Å². The van der Waals surface area contributed by atoms with Crippen molar-refractivity contribution in [3.8, 4) is 11.5 Å². The first kappa shape index (κ1) is 24.8. The normalized spacial score (nSPS) is 15.7. The maximum absolute atomic E-state index is 13.0. The topological polar surface area (TPSA) is 119 Å². The molecule has 1 N–H and O–H groups in total. The molecule has 0 saturated carbocycles. The summed E-state index contributed by atoms with van der Waals surface area (Å²) in [5.41, 5.74) is 1.06. The third-order valence-electron chi connectivity index (χ3n) is 5.68. The molecule has 2 aromatic rings. The Morgan fingerprint density at radius 2 is 1.85 bits per heavy atom. The Morgan fingerprint density at radius 3 is 2.47 bits per heavy atom. The summed E-state index contributed by atoms with van der Waals surface area (Å²) in [5, 5.41) is 22.0. The lowest BCUT2D eigenvalue weighted by Crippen LogP contribution is -2.33. The molecule has 1 atom stereocenters. The molecule has 0 radical (unpaired) electrons. The van der Waals surface area contributed by atoms with E-state index in [1.807, 2.05) is 19.9 Å². The van der Waals surface area contributed by atoms with Gasteiger partial charge in [0.25, 0.3) is 11.6 Å². The van der Waals surface area contributed by atoms with Crippen molar-refractivity contribution >= 4 is 17.4 Å². The lowest BCUT2D eigenvalue weighted by Gasteiger charge is -2.27. The van der Waals surface area contributed by atoms with Gasteiger partial charge in [0.05, 0.1) is 30.8 Å². The largest absolute Gasteiger partial charge is 0.503 e. The number of Topliss-reactive ketones (excluding diaryl/α,β-unsaturated/α-hetero) is 1. The van der Waals surface area contributed by atoms with E-state index in [1.54, 1.807) is 18.2 Å². The molecule has 1 aliphatic rings. The number of ether oxygens (including phenoxy) is 2. The van der Waals surface area contributed by atoms with Crippen LogP contribution in [0.25, 0.3) is 0 Å². The van der Waals surface area contributed by atoms with Gasteiger partial charge in [0.15, 0.2) is 23.0 Å². The lowest BCUT2D eigenvalue weighted by molar-refractivity contribution is -0.384. The fourth-order valence-electron chi connectivity index (χ4n) is 4.09. The number of carbonyl (C=O) groups excluding carboxylic acids is 2. The average molecular weight is 469 g/mol. The van der Waals surface area contributed by atoms with Crippen LogP contribution >= 0.6 is 0 Å². The predicted molar refractivity (Wildman–Crippen MR) is 125 cm³/mol. The molecule has 1 amide bonds. The van der Waals surface area contributed by atoms with Crippen LogP contribution in [0.1, 0.15) is 37.4 Å². The van der Waals surface area contributed by atoms with Crippen molar-refractivity contribution in [2.24, 2.45) is 5.92 Å². The molecule has 1 aliphatic heterocycles. The van der Waals surface area contributed by atoms with Gasteiger partial charge in [-0.25, -0.2) is 0 Å². The summed E-state index contributed by atoms with van der Waals surface area (Å²) in [6, 6.07) is 10.3. The number of ketones is 1. The molecule has 9 nitrogen and oxygen atoms in total. The van der Waals surface area contributed by atoms with Gasteiger partial charge < -0.3 is 19.5 Å². The zero-order valence-corrected chi connectivity index (χ0v) is 19.6. The number of benzene rings is 2. The maximum atomic E-state index is 13.0. The van der Waals surface area contributed by atoms with Crippen LogP contribution in [0.3, 0.4) is 0 Å². The van der Waals surface area contributed by atoms with E-state index < -0.39 is 22.6 Å². The molecule has 9 heteroatoms. The number of nitro groups is 1. The van der Waals surface area contributed by atoms with Crippen LogP contribution in [0.5, 0.6) is 11.5 Å². The van der Waals surface area contributed by atoms with Gasteiger partial charge in [-0.1, -0.05) is 32.0 Å². The number of nitrogens with zero attached hydrogens (tertiary/aromatic N) is 2. The number of aliphatic hydroxyl groups is 1. The van der Waals surface area contributed by atoms with E-state index in [9.17, 15) is 24.8 Å². The van der Waals surface area contributed by atoms with Crippen molar-refractivity contribution in [2.45, 2.75) is 32.7 Å². The standard InChI is InChI=1S/C25H28N2O7/c1-15(2)12-19(28)22-23(17-6-5-7-18(14-17)27(31)32)26(25(30)24(22)29)11-10-16-8-9-20(33-3)21(13-16)34-4/h5-9,13-15,23,29H,10-12H2,1-4H3. The Kier molecular flexibility index (Phi) is 7.55. The van der Waals surface area contributed by atoms with E-state index in [0.717, 1.165) is 5.56 Å². The van der Waals surface area contributed by atoms with Crippen molar-refractivity contribution < 1.29 is 29.1 Å². The maximum Gasteiger partial charge on any atom is 0.290 e. The summed E-state index contributed by atoms with van der Waals surface area (Å²) in [7, 11) is 3.06. The Morgan fingerprint density at radius 1 is 1.15 bits per heavy atom. The lowest BCUT2D eigenvalue weighted by atomic mass is 9.92. The number of hydrogen-bond donors (Lipinski definition) is 1. The molecule has 3 rings (SSSR count). The summed E-state index contributed by atoms with van der Waals surface area (Å²) in [4.78, 5) is 38.3. The quantitative estimate of drug-likeness (QED) is 0.411. The molecule has 0 fully saturated rings. The van der Waals surface area contributed by atoms with Crippen molar-refractivity contribution in [1.82, 2.24) is 4.90 Å². The monoisotopic (exact) mass is 468 g/mol. The van der Waals surface area contributed by atoms with Crippen LogP contribution in [0.4, 0.5) is 5.69 Å². The molecule has 0 spiro atoms. The molecule has 180 valence electrons. The van der Waals surface area contributed by atoms with E-state index in [1.165, 1.54) is 37.3 Å². The van der Waals surface area contributed by atoms with Gasteiger partial charge in [-0.3, -0.25) is 19.7 Å². The summed E-state index contributed by atoms with van der Waals surface area (Å²) < 4.78 is 10.6. The summed E-state index contributed by atoms with van der Waals surface area (Å²) >= 11 is 0. The highest BCUT2D eigenvalue weighted by molar-refractivity contribution is 6.09. The fraction of sp³-hybridized carbons (Fsp3) is 0.360. The fourth-order valence-corrected chi connectivity index (χ4v) is 4.09. The van der Waals surface area contributed by atoms with Gasteiger partial charge in [0.1, 0.15) is 0 Å². The Hall–Kier alpha value is -3.88. The van der Waals surface area contributed by atoms with E-state index in [2.05, 4.69) is 0 Å². The minimum Gasteiger partial charge on any atom is -0.503 e. The second-order valence-corrected chi connectivity index (χ2v) is 8.48. The highest BCUT2D eigenvalue weighted by Gasteiger charge is 2.43. The summed E-state index contributed by atoms with van der Waals surface area (Å²) in [6.45, 7) is 3.90. The predicted octanol–water partition coefficient (Wildman–Crippen LogP) is 4.17. The number of non-ortho nitro benzene ring substituents is 1. The number of nitro benzene ring substituents is 1. The molecule has 1 unspecified atom stereocenters. The minimum atomic E-state index is -0.918.